The van der Waals surface area contributed by atoms with Crippen molar-refractivity contribution < 1.29 is 9.59 Å². The van der Waals surface area contributed by atoms with Crippen molar-refractivity contribution in [3.8, 4) is 0 Å². The van der Waals surface area contributed by atoms with Crippen molar-refractivity contribution in [2.75, 3.05) is 10.6 Å². The second kappa shape index (κ2) is 8.86. The van der Waals surface area contributed by atoms with Crippen LogP contribution in [0.5, 0.6) is 0 Å². The summed E-state index contributed by atoms with van der Waals surface area (Å²) in [7, 11) is 0. The molecule has 6 nitrogen and oxygen atoms in total. The Balaban J connectivity index is 1.74. The molecule has 0 saturated heterocycles. The minimum absolute atomic E-state index is 0.206. The first kappa shape index (κ1) is 21.6. The Morgan fingerprint density at radius 3 is 2.38 bits per heavy atom. The lowest BCUT2D eigenvalue weighted by molar-refractivity contribution is -0.121. The number of hydrogen-bond acceptors (Lipinski definition) is 4. The van der Waals surface area contributed by atoms with Crippen LogP contribution in [0.2, 0.25) is 5.02 Å². The molecule has 1 aliphatic heterocycles. The number of halogens is 1. The maximum Gasteiger partial charge on any atom is 0.258 e. The zero-order valence-electron chi connectivity index (χ0n) is 17.4. The van der Waals surface area contributed by atoms with E-state index in [2.05, 4.69) is 10.6 Å². The van der Waals surface area contributed by atoms with E-state index in [9.17, 15) is 9.59 Å². The molecule has 4 rings (SSSR count). The summed E-state index contributed by atoms with van der Waals surface area (Å²) in [5.41, 5.74) is 16.6. The summed E-state index contributed by atoms with van der Waals surface area (Å²) in [6.07, 6.45) is 0. The first-order chi connectivity index (χ1) is 15.3. The van der Waals surface area contributed by atoms with E-state index < -0.39 is 17.9 Å². The van der Waals surface area contributed by atoms with Crippen molar-refractivity contribution in [1.29, 1.82) is 0 Å². The molecule has 3 aromatic carbocycles. The third-order valence-corrected chi connectivity index (χ3v) is 5.83. The smallest absolute Gasteiger partial charge is 0.258 e. The van der Waals surface area contributed by atoms with Gasteiger partial charge in [-0.2, -0.15) is 0 Å². The minimum Gasteiger partial charge on any atom is -0.369 e. The van der Waals surface area contributed by atoms with E-state index in [0.717, 1.165) is 22.4 Å². The third kappa shape index (κ3) is 4.23. The highest BCUT2D eigenvalue weighted by molar-refractivity contribution is 6.38. The van der Waals surface area contributed by atoms with E-state index in [1.54, 1.807) is 19.1 Å². The molecule has 0 saturated carbocycles. The van der Waals surface area contributed by atoms with Crippen LogP contribution in [0.15, 0.2) is 72.8 Å². The first-order valence-electron chi connectivity index (χ1n) is 10.2. The maximum atomic E-state index is 12.9. The molecule has 0 fully saturated rings. The van der Waals surface area contributed by atoms with Crippen LogP contribution in [0.4, 0.5) is 11.4 Å². The number of fused-ring (bicyclic) bond motifs is 1. The summed E-state index contributed by atoms with van der Waals surface area (Å²) in [5, 5.41) is 6.84. The molecule has 2 atom stereocenters. The number of carbonyl (C=O) groups is 2. The molecule has 7 heteroatoms. The van der Waals surface area contributed by atoms with Crippen LogP contribution in [0.3, 0.4) is 0 Å². The van der Waals surface area contributed by atoms with Gasteiger partial charge in [-0.1, -0.05) is 67.1 Å². The number of nitrogens with one attached hydrogen (secondary N) is 2. The summed E-state index contributed by atoms with van der Waals surface area (Å²) < 4.78 is 0. The second-order valence-electron chi connectivity index (χ2n) is 7.72. The zero-order valence-corrected chi connectivity index (χ0v) is 18.2. The lowest BCUT2D eigenvalue weighted by atomic mass is 9.94. The monoisotopic (exact) mass is 446 g/mol. The SMILES string of the molecule is CC(C(N)=O)C(N)c1ccc(N/C(=C2\C(=O)Nc3cc(Cl)ccc32)c2ccccc2)cc1. The Kier molecular flexibility index (Phi) is 5.99. The van der Waals surface area contributed by atoms with Crippen LogP contribution < -0.4 is 22.1 Å². The molecule has 2 amide bonds. The summed E-state index contributed by atoms with van der Waals surface area (Å²) in [6.45, 7) is 1.71. The van der Waals surface area contributed by atoms with Crippen LogP contribution in [-0.4, -0.2) is 11.8 Å². The van der Waals surface area contributed by atoms with Gasteiger partial charge in [0.15, 0.2) is 0 Å². The lowest BCUT2D eigenvalue weighted by Crippen LogP contribution is -2.30. The number of benzene rings is 3. The number of nitrogens with two attached hydrogens (primary N) is 2. The van der Waals surface area contributed by atoms with E-state index in [4.69, 9.17) is 23.1 Å². The summed E-state index contributed by atoms with van der Waals surface area (Å²) in [4.78, 5) is 24.4. The van der Waals surface area contributed by atoms with E-state index >= 15 is 0 Å². The Labute approximate surface area is 191 Å². The predicted octanol–water partition coefficient (Wildman–Crippen LogP) is 4.39. The average Bonchev–Trinajstić information content (AvgIpc) is 3.11. The topological polar surface area (TPSA) is 110 Å². The van der Waals surface area contributed by atoms with E-state index in [1.165, 1.54) is 0 Å². The largest absolute Gasteiger partial charge is 0.369 e. The summed E-state index contributed by atoms with van der Waals surface area (Å²) >= 11 is 6.11. The summed E-state index contributed by atoms with van der Waals surface area (Å²) in [6, 6.07) is 21.9. The molecule has 3 aromatic rings. The Morgan fingerprint density at radius 1 is 1.03 bits per heavy atom. The lowest BCUT2D eigenvalue weighted by Gasteiger charge is -2.19. The van der Waals surface area contributed by atoms with Crippen molar-refractivity contribution in [2.45, 2.75) is 13.0 Å². The molecule has 0 spiro atoms. The number of rotatable bonds is 6. The highest BCUT2D eigenvalue weighted by Gasteiger charge is 2.28. The molecule has 2 unspecified atom stereocenters. The van der Waals surface area contributed by atoms with Gasteiger partial charge < -0.3 is 22.1 Å². The van der Waals surface area contributed by atoms with Crippen LogP contribution in [0.25, 0.3) is 11.3 Å². The fourth-order valence-electron chi connectivity index (χ4n) is 3.68. The number of hydrogen-bond donors (Lipinski definition) is 4. The number of carbonyl (C=O) groups excluding carboxylic acids is 2. The Morgan fingerprint density at radius 2 is 1.72 bits per heavy atom. The van der Waals surface area contributed by atoms with Crippen molar-refractivity contribution in [2.24, 2.45) is 17.4 Å². The van der Waals surface area contributed by atoms with Gasteiger partial charge in [0.25, 0.3) is 5.91 Å². The van der Waals surface area contributed by atoms with Gasteiger partial charge in [-0.3, -0.25) is 9.59 Å². The Hall–Kier alpha value is -3.61. The van der Waals surface area contributed by atoms with Gasteiger partial charge in [0.05, 0.1) is 22.9 Å². The fraction of sp³-hybridized carbons (Fsp3) is 0.120. The average molecular weight is 447 g/mol. The molecule has 0 radical (unpaired) electrons. The molecule has 0 bridgehead atoms. The number of anilines is 2. The van der Waals surface area contributed by atoms with Gasteiger partial charge in [-0.05, 0) is 35.4 Å². The molecular formula is C25H23ClN4O2. The predicted molar refractivity (Wildman–Crippen MR) is 129 cm³/mol. The molecule has 32 heavy (non-hydrogen) atoms. The van der Waals surface area contributed by atoms with Crippen molar-refractivity contribution >= 4 is 46.1 Å². The molecule has 6 N–H and O–H groups in total. The van der Waals surface area contributed by atoms with Crippen LogP contribution >= 0.6 is 11.6 Å². The maximum absolute atomic E-state index is 12.9. The van der Waals surface area contributed by atoms with E-state index in [1.807, 2.05) is 60.7 Å². The fourth-order valence-corrected chi connectivity index (χ4v) is 3.85. The quantitative estimate of drug-likeness (QED) is 0.421. The number of primary amides is 1. The highest BCUT2D eigenvalue weighted by atomic mass is 35.5. The van der Waals surface area contributed by atoms with Crippen molar-refractivity contribution in [1.82, 2.24) is 0 Å². The molecule has 0 aromatic heterocycles. The number of amides is 2. The second-order valence-corrected chi connectivity index (χ2v) is 8.16. The summed E-state index contributed by atoms with van der Waals surface area (Å²) in [5.74, 6) is -1.13. The van der Waals surface area contributed by atoms with Gasteiger partial charge in [0, 0.05) is 22.3 Å². The van der Waals surface area contributed by atoms with Crippen molar-refractivity contribution in [3.63, 3.8) is 0 Å². The highest BCUT2D eigenvalue weighted by Crippen LogP contribution is 2.38. The molecule has 1 heterocycles. The van der Waals surface area contributed by atoms with E-state index in [0.29, 0.717) is 22.0 Å². The van der Waals surface area contributed by atoms with Gasteiger partial charge in [-0.15, -0.1) is 0 Å². The first-order valence-corrected chi connectivity index (χ1v) is 10.6. The van der Waals surface area contributed by atoms with Crippen LogP contribution in [0.1, 0.15) is 29.7 Å². The van der Waals surface area contributed by atoms with Gasteiger partial charge in [0.1, 0.15) is 0 Å². The standard InChI is InChI=1S/C25H23ClN4O2/c1-14(24(28)31)22(27)15-7-10-18(11-8-15)29-23(16-5-3-2-4-6-16)21-19-12-9-17(26)13-20(19)30-25(21)32/h2-14,22,29H,27H2,1H3,(H2,28,31)(H,30,32)/b23-21-. The van der Waals surface area contributed by atoms with Crippen molar-refractivity contribution in [3.05, 3.63) is 94.5 Å². The minimum atomic E-state index is -0.495. The molecule has 162 valence electrons. The third-order valence-electron chi connectivity index (χ3n) is 5.59. The molecule has 1 aliphatic rings. The molecular weight excluding hydrogens is 424 g/mol. The molecule has 0 aliphatic carbocycles. The Bertz CT molecular complexity index is 1210. The van der Waals surface area contributed by atoms with Crippen LogP contribution in [0, 0.1) is 5.92 Å². The zero-order chi connectivity index (χ0) is 22.8. The van der Waals surface area contributed by atoms with Gasteiger partial charge >= 0.3 is 0 Å². The van der Waals surface area contributed by atoms with Gasteiger partial charge in [0.2, 0.25) is 5.91 Å². The van der Waals surface area contributed by atoms with E-state index in [-0.39, 0.29) is 5.91 Å². The normalized spacial score (nSPS) is 16.0. The van der Waals surface area contributed by atoms with Crippen LogP contribution in [-0.2, 0) is 9.59 Å². The van der Waals surface area contributed by atoms with Gasteiger partial charge in [-0.25, -0.2) is 0 Å².